The molecule has 0 saturated carbocycles. The van der Waals surface area contributed by atoms with Crippen LogP contribution < -0.4 is 5.32 Å². The number of nitrogens with one attached hydrogen (secondary N) is 1. The van der Waals surface area contributed by atoms with E-state index in [-0.39, 0.29) is 5.91 Å². The lowest BCUT2D eigenvalue weighted by Crippen LogP contribution is -2.23. The van der Waals surface area contributed by atoms with Gasteiger partial charge in [0.2, 0.25) is 5.91 Å². The van der Waals surface area contributed by atoms with E-state index in [1.165, 1.54) is 37.1 Å². The van der Waals surface area contributed by atoms with Crippen molar-refractivity contribution in [3.8, 4) is 0 Å². The number of aromatic nitrogens is 2. The molecule has 0 unspecified atom stereocenters. The Balaban J connectivity index is 1.55. The Bertz CT molecular complexity index is 714. The number of carbonyl (C=O) groups excluding carboxylic acids is 1. The van der Waals surface area contributed by atoms with E-state index in [1.54, 1.807) is 23.0 Å². The number of hydrogen-bond acceptors (Lipinski definition) is 3. The Hall–Kier alpha value is -2.40. The summed E-state index contributed by atoms with van der Waals surface area (Å²) in [6, 6.07) is 8.35. The Labute approximate surface area is 143 Å². The molecule has 1 aliphatic heterocycles. The number of amides is 1. The molecule has 1 fully saturated rings. The first-order valence-corrected chi connectivity index (χ1v) is 8.44. The zero-order chi connectivity index (χ0) is 16.8. The number of hydrogen-bond donors (Lipinski definition) is 1. The quantitative estimate of drug-likeness (QED) is 0.830. The van der Waals surface area contributed by atoms with E-state index in [2.05, 4.69) is 33.5 Å². The Morgan fingerprint density at radius 1 is 1.25 bits per heavy atom. The molecule has 24 heavy (non-hydrogen) atoms. The minimum absolute atomic E-state index is 0.0881. The van der Waals surface area contributed by atoms with Gasteiger partial charge in [0.05, 0.1) is 6.20 Å². The van der Waals surface area contributed by atoms with Gasteiger partial charge in [-0.05, 0) is 43.1 Å². The van der Waals surface area contributed by atoms with Gasteiger partial charge >= 0.3 is 0 Å². The van der Waals surface area contributed by atoms with Gasteiger partial charge in [0, 0.05) is 38.0 Å². The molecule has 5 heteroatoms. The maximum atomic E-state index is 12.0. The van der Waals surface area contributed by atoms with E-state index in [1.807, 2.05) is 19.3 Å². The molecule has 5 nitrogen and oxygen atoms in total. The van der Waals surface area contributed by atoms with Crippen LogP contribution in [-0.2, 0) is 24.9 Å². The summed E-state index contributed by atoms with van der Waals surface area (Å²) in [6.07, 6.45) is 9.51. The van der Waals surface area contributed by atoms with Crippen LogP contribution in [0.5, 0.6) is 0 Å². The summed E-state index contributed by atoms with van der Waals surface area (Å²) in [5, 5.41) is 7.05. The SMILES string of the molecule is Cn1cc(C=CC(=O)NCc2ccccc2CN2CCCC2)cn1. The van der Waals surface area contributed by atoms with Gasteiger partial charge in [0.15, 0.2) is 0 Å². The highest BCUT2D eigenvalue weighted by Gasteiger charge is 2.13. The van der Waals surface area contributed by atoms with E-state index in [0.717, 1.165) is 12.1 Å². The maximum Gasteiger partial charge on any atom is 0.244 e. The van der Waals surface area contributed by atoms with Gasteiger partial charge in [-0.25, -0.2) is 0 Å². The summed E-state index contributed by atoms with van der Waals surface area (Å²) in [7, 11) is 1.86. The lowest BCUT2D eigenvalue weighted by molar-refractivity contribution is -0.116. The minimum atomic E-state index is -0.0881. The van der Waals surface area contributed by atoms with Crippen molar-refractivity contribution >= 4 is 12.0 Å². The molecule has 1 saturated heterocycles. The summed E-state index contributed by atoms with van der Waals surface area (Å²) in [5.74, 6) is -0.0881. The Morgan fingerprint density at radius 2 is 2.00 bits per heavy atom. The van der Waals surface area contributed by atoms with Gasteiger partial charge in [-0.3, -0.25) is 14.4 Å². The number of likely N-dealkylation sites (tertiary alicyclic amines) is 1. The average molecular weight is 324 g/mol. The van der Waals surface area contributed by atoms with Crippen molar-refractivity contribution in [2.24, 2.45) is 7.05 Å². The smallest absolute Gasteiger partial charge is 0.244 e. The van der Waals surface area contributed by atoms with Crippen molar-refractivity contribution in [1.29, 1.82) is 0 Å². The van der Waals surface area contributed by atoms with E-state index in [4.69, 9.17) is 0 Å². The van der Waals surface area contributed by atoms with Crippen molar-refractivity contribution < 1.29 is 4.79 Å². The van der Waals surface area contributed by atoms with Crippen LogP contribution in [-0.4, -0.2) is 33.7 Å². The number of benzene rings is 1. The molecule has 0 aliphatic carbocycles. The van der Waals surface area contributed by atoms with E-state index < -0.39 is 0 Å². The standard InChI is InChI=1S/C19H24N4O/c1-22-14-16(12-21-22)8-9-19(24)20-13-17-6-2-3-7-18(17)15-23-10-4-5-11-23/h2-3,6-9,12,14H,4-5,10-11,13,15H2,1H3,(H,20,24). The zero-order valence-electron chi connectivity index (χ0n) is 14.1. The fourth-order valence-corrected chi connectivity index (χ4v) is 3.01. The molecule has 1 N–H and O–H groups in total. The number of nitrogens with zero attached hydrogens (tertiary/aromatic N) is 3. The molecule has 0 radical (unpaired) electrons. The lowest BCUT2D eigenvalue weighted by Gasteiger charge is -2.17. The first-order chi connectivity index (χ1) is 11.7. The monoisotopic (exact) mass is 324 g/mol. The third kappa shape index (κ3) is 4.55. The molecular weight excluding hydrogens is 300 g/mol. The molecule has 0 atom stereocenters. The molecule has 126 valence electrons. The Kier molecular flexibility index (Phi) is 5.43. The van der Waals surface area contributed by atoms with Crippen LogP contribution in [0.15, 0.2) is 42.7 Å². The average Bonchev–Trinajstić information content (AvgIpc) is 3.24. The molecule has 0 spiro atoms. The predicted molar refractivity (Wildman–Crippen MR) is 95.0 cm³/mol. The second kappa shape index (κ2) is 7.93. The van der Waals surface area contributed by atoms with Crippen LogP contribution in [0.3, 0.4) is 0 Å². The normalized spacial score (nSPS) is 15.2. The van der Waals surface area contributed by atoms with Crippen molar-refractivity contribution in [2.45, 2.75) is 25.9 Å². The molecule has 2 aromatic rings. The first-order valence-electron chi connectivity index (χ1n) is 8.44. The minimum Gasteiger partial charge on any atom is -0.348 e. The fraction of sp³-hybridized carbons (Fsp3) is 0.368. The summed E-state index contributed by atoms with van der Waals surface area (Å²) in [6.45, 7) is 3.88. The number of rotatable bonds is 6. The fourth-order valence-electron chi connectivity index (χ4n) is 3.01. The number of carbonyl (C=O) groups is 1. The molecule has 3 rings (SSSR count). The van der Waals surface area contributed by atoms with Crippen LogP contribution >= 0.6 is 0 Å². The van der Waals surface area contributed by atoms with Gasteiger partial charge < -0.3 is 5.32 Å². The molecule has 0 bridgehead atoms. The van der Waals surface area contributed by atoms with Gasteiger partial charge in [-0.15, -0.1) is 0 Å². The largest absolute Gasteiger partial charge is 0.348 e. The maximum absolute atomic E-state index is 12.0. The third-order valence-corrected chi connectivity index (χ3v) is 4.32. The second-order valence-corrected chi connectivity index (χ2v) is 6.25. The molecule has 1 amide bonds. The highest BCUT2D eigenvalue weighted by molar-refractivity contribution is 5.91. The van der Waals surface area contributed by atoms with Gasteiger partial charge in [-0.2, -0.15) is 5.10 Å². The highest BCUT2D eigenvalue weighted by atomic mass is 16.1. The summed E-state index contributed by atoms with van der Waals surface area (Å²) in [5.41, 5.74) is 3.41. The topological polar surface area (TPSA) is 50.2 Å². The summed E-state index contributed by atoms with van der Waals surface area (Å²) >= 11 is 0. The van der Waals surface area contributed by atoms with Gasteiger partial charge in [-0.1, -0.05) is 24.3 Å². The molecule has 2 heterocycles. The van der Waals surface area contributed by atoms with Crippen LogP contribution in [0, 0.1) is 0 Å². The molecule has 1 aromatic carbocycles. The van der Waals surface area contributed by atoms with Crippen molar-refractivity contribution in [2.75, 3.05) is 13.1 Å². The molecule has 1 aliphatic rings. The van der Waals surface area contributed by atoms with Crippen LogP contribution in [0.2, 0.25) is 0 Å². The first kappa shape index (κ1) is 16.5. The van der Waals surface area contributed by atoms with Crippen molar-refractivity contribution in [1.82, 2.24) is 20.0 Å². The molecule has 1 aromatic heterocycles. The van der Waals surface area contributed by atoms with Crippen LogP contribution in [0.1, 0.15) is 29.5 Å². The lowest BCUT2D eigenvalue weighted by atomic mass is 10.1. The van der Waals surface area contributed by atoms with Crippen molar-refractivity contribution in [3.63, 3.8) is 0 Å². The summed E-state index contributed by atoms with van der Waals surface area (Å²) in [4.78, 5) is 14.5. The van der Waals surface area contributed by atoms with Crippen LogP contribution in [0.25, 0.3) is 6.08 Å². The van der Waals surface area contributed by atoms with Crippen LogP contribution in [0.4, 0.5) is 0 Å². The highest BCUT2D eigenvalue weighted by Crippen LogP contribution is 2.16. The van der Waals surface area contributed by atoms with Gasteiger partial charge in [0.25, 0.3) is 0 Å². The summed E-state index contributed by atoms with van der Waals surface area (Å²) < 4.78 is 1.71. The van der Waals surface area contributed by atoms with Gasteiger partial charge in [0.1, 0.15) is 0 Å². The molecular formula is C19H24N4O. The predicted octanol–water partition coefficient (Wildman–Crippen LogP) is 2.35. The van der Waals surface area contributed by atoms with Crippen molar-refractivity contribution in [3.05, 3.63) is 59.4 Å². The Morgan fingerprint density at radius 3 is 2.71 bits per heavy atom. The second-order valence-electron chi connectivity index (χ2n) is 6.25. The van der Waals surface area contributed by atoms with E-state index >= 15 is 0 Å². The zero-order valence-corrected chi connectivity index (χ0v) is 14.1. The van der Waals surface area contributed by atoms with E-state index in [9.17, 15) is 4.79 Å². The third-order valence-electron chi connectivity index (χ3n) is 4.32. The number of aryl methyl sites for hydroxylation is 1. The van der Waals surface area contributed by atoms with E-state index in [0.29, 0.717) is 6.54 Å².